The van der Waals surface area contributed by atoms with Crippen LogP contribution in [0, 0.1) is 0 Å². The number of aliphatic imine (C=N–C) groups is 1. The van der Waals surface area contributed by atoms with Crippen LogP contribution in [-0.4, -0.2) is 26.1 Å². The van der Waals surface area contributed by atoms with Gasteiger partial charge in [0, 0.05) is 18.7 Å². The summed E-state index contributed by atoms with van der Waals surface area (Å²) in [7, 11) is 3.15. The van der Waals surface area contributed by atoms with Crippen molar-refractivity contribution in [3.8, 4) is 11.5 Å². The van der Waals surface area contributed by atoms with Crippen LogP contribution in [0.5, 0.6) is 11.5 Å². The summed E-state index contributed by atoms with van der Waals surface area (Å²) in [6.45, 7) is 1.81. The van der Waals surface area contributed by atoms with Gasteiger partial charge < -0.3 is 25.8 Å². The highest BCUT2D eigenvalue weighted by Gasteiger charge is 2.06. The molecule has 0 aliphatic carbocycles. The van der Waals surface area contributed by atoms with Crippen molar-refractivity contribution >= 4 is 23.2 Å². The molecule has 0 saturated heterocycles. The Labute approximate surface area is 146 Å². The number of carbonyl (C=O) groups is 1. The number of ether oxygens (including phenoxy) is 2. The van der Waals surface area contributed by atoms with E-state index in [4.69, 9.17) is 15.2 Å². The maximum absolute atomic E-state index is 11.3. The van der Waals surface area contributed by atoms with Crippen LogP contribution in [0.25, 0.3) is 0 Å². The fraction of sp³-hybridized carbons (Fsp3) is 0.222. The van der Waals surface area contributed by atoms with Crippen molar-refractivity contribution in [2.45, 2.75) is 13.5 Å². The lowest BCUT2D eigenvalue weighted by Crippen LogP contribution is -2.22. The summed E-state index contributed by atoms with van der Waals surface area (Å²) in [4.78, 5) is 15.6. The lowest BCUT2D eigenvalue weighted by Gasteiger charge is -2.11. The zero-order valence-electron chi connectivity index (χ0n) is 14.5. The van der Waals surface area contributed by atoms with E-state index in [1.54, 1.807) is 20.3 Å². The zero-order chi connectivity index (χ0) is 18.2. The molecule has 0 fully saturated rings. The first kappa shape index (κ1) is 18.1. The van der Waals surface area contributed by atoms with Crippen molar-refractivity contribution in [1.82, 2.24) is 0 Å². The first-order valence-electron chi connectivity index (χ1n) is 7.67. The standard InChI is InChI=1S/C18H22N4O3/c1-12(23)21-16-9-13(7-8-17(16)25-3)11-20-18(19)22-14-5-4-6-15(10-14)24-2/h4-10H,11H2,1-3H3,(H,21,23)(H3,19,20,22). The molecule has 0 unspecified atom stereocenters. The van der Waals surface area contributed by atoms with Crippen LogP contribution in [0.4, 0.5) is 11.4 Å². The molecule has 132 valence electrons. The summed E-state index contributed by atoms with van der Waals surface area (Å²) in [5.41, 5.74) is 8.20. The molecule has 2 rings (SSSR count). The highest BCUT2D eigenvalue weighted by Crippen LogP contribution is 2.25. The monoisotopic (exact) mass is 342 g/mol. The Morgan fingerprint density at radius 1 is 1.12 bits per heavy atom. The first-order valence-corrected chi connectivity index (χ1v) is 7.67. The Bertz CT molecular complexity index is 775. The van der Waals surface area contributed by atoms with E-state index in [1.807, 2.05) is 36.4 Å². The normalized spacial score (nSPS) is 10.9. The maximum atomic E-state index is 11.3. The van der Waals surface area contributed by atoms with E-state index in [1.165, 1.54) is 6.92 Å². The highest BCUT2D eigenvalue weighted by molar-refractivity contribution is 5.92. The second-order valence-electron chi connectivity index (χ2n) is 5.27. The van der Waals surface area contributed by atoms with Gasteiger partial charge in [0.2, 0.25) is 5.91 Å². The summed E-state index contributed by atoms with van der Waals surface area (Å²) >= 11 is 0. The van der Waals surface area contributed by atoms with Gasteiger partial charge >= 0.3 is 0 Å². The van der Waals surface area contributed by atoms with E-state index in [-0.39, 0.29) is 11.9 Å². The molecule has 4 N–H and O–H groups in total. The van der Waals surface area contributed by atoms with Gasteiger partial charge in [0.05, 0.1) is 26.5 Å². The number of nitrogens with two attached hydrogens (primary N) is 1. The van der Waals surface area contributed by atoms with Gasteiger partial charge in [0.25, 0.3) is 0 Å². The van der Waals surface area contributed by atoms with E-state index in [9.17, 15) is 4.79 Å². The molecule has 0 heterocycles. The SMILES string of the molecule is COc1cccc(NC(N)=NCc2ccc(OC)c(NC(C)=O)c2)c1. The predicted octanol–water partition coefficient (Wildman–Crippen LogP) is 2.59. The molecule has 7 nitrogen and oxygen atoms in total. The quantitative estimate of drug-likeness (QED) is 0.554. The van der Waals surface area contributed by atoms with Crippen LogP contribution in [0.15, 0.2) is 47.5 Å². The van der Waals surface area contributed by atoms with Crippen molar-refractivity contribution in [1.29, 1.82) is 0 Å². The molecule has 0 spiro atoms. The number of methoxy groups -OCH3 is 2. The van der Waals surface area contributed by atoms with E-state index in [0.29, 0.717) is 18.0 Å². The summed E-state index contributed by atoms with van der Waals surface area (Å²) < 4.78 is 10.4. The fourth-order valence-corrected chi connectivity index (χ4v) is 2.21. The molecule has 1 amide bonds. The van der Waals surface area contributed by atoms with Crippen LogP contribution in [-0.2, 0) is 11.3 Å². The molecule has 0 bridgehead atoms. The molecule has 0 aliphatic heterocycles. The number of benzene rings is 2. The minimum atomic E-state index is -0.168. The molecule has 7 heteroatoms. The number of hydrogen-bond acceptors (Lipinski definition) is 4. The molecular formula is C18H22N4O3. The maximum Gasteiger partial charge on any atom is 0.221 e. The highest BCUT2D eigenvalue weighted by atomic mass is 16.5. The lowest BCUT2D eigenvalue weighted by molar-refractivity contribution is -0.114. The molecule has 2 aromatic rings. The van der Waals surface area contributed by atoms with Gasteiger partial charge in [-0.05, 0) is 29.8 Å². The minimum absolute atomic E-state index is 0.168. The molecule has 0 radical (unpaired) electrons. The van der Waals surface area contributed by atoms with E-state index >= 15 is 0 Å². The van der Waals surface area contributed by atoms with Crippen molar-refractivity contribution in [3.05, 3.63) is 48.0 Å². The Morgan fingerprint density at radius 2 is 1.92 bits per heavy atom. The number of carbonyl (C=O) groups excluding carboxylic acids is 1. The van der Waals surface area contributed by atoms with Crippen molar-refractivity contribution in [2.75, 3.05) is 24.9 Å². The van der Waals surface area contributed by atoms with Gasteiger partial charge in [0.15, 0.2) is 5.96 Å². The molecule has 2 aromatic carbocycles. The number of nitrogens with one attached hydrogen (secondary N) is 2. The predicted molar refractivity (Wildman–Crippen MR) is 99.2 cm³/mol. The number of anilines is 2. The minimum Gasteiger partial charge on any atom is -0.497 e. The Kier molecular flexibility index (Phi) is 6.22. The largest absolute Gasteiger partial charge is 0.497 e. The summed E-state index contributed by atoms with van der Waals surface area (Å²) in [5, 5.41) is 5.74. The topological polar surface area (TPSA) is 98.0 Å². The fourth-order valence-electron chi connectivity index (χ4n) is 2.21. The van der Waals surface area contributed by atoms with Gasteiger partial charge in [-0.1, -0.05) is 12.1 Å². The van der Waals surface area contributed by atoms with Crippen molar-refractivity contribution in [3.63, 3.8) is 0 Å². The smallest absolute Gasteiger partial charge is 0.221 e. The van der Waals surface area contributed by atoms with Crippen molar-refractivity contribution < 1.29 is 14.3 Å². The van der Waals surface area contributed by atoms with Crippen LogP contribution < -0.4 is 25.8 Å². The van der Waals surface area contributed by atoms with Crippen molar-refractivity contribution in [2.24, 2.45) is 10.7 Å². The van der Waals surface area contributed by atoms with E-state index in [0.717, 1.165) is 17.0 Å². The molecule has 0 saturated carbocycles. The van der Waals surface area contributed by atoms with Gasteiger partial charge in [-0.3, -0.25) is 4.79 Å². The van der Waals surface area contributed by atoms with Crippen LogP contribution in [0.1, 0.15) is 12.5 Å². The second kappa shape index (κ2) is 8.58. The number of rotatable bonds is 6. The number of amides is 1. The second-order valence-corrected chi connectivity index (χ2v) is 5.27. The third-order valence-corrected chi connectivity index (χ3v) is 3.35. The summed E-state index contributed by atoms with van der Waals surface area (Å²) in [6.07, 6.45) is 0. The zero-order valence-corrected chi connectivity index (χ0v) is 14.5. The van der Waals surface area contributed by atoms with E-state index < -0.39 is 0 Å². The third-order valence-electron chi connectivity index (χ3n) is 3.35. The van der Waals surface area contributed by atoms with Gasteiger partial charge in [0.1, 0.15) is 11.5 Å². The molecule has 0 aliphatic rings. The average Bonchev–Trinajstić information content (AvgIpc) is 2.60. The average molecular weight is 342 g/mol. The third kappa shape index (κ3) is 5.42. The van der Waals surface area contributed by atoms with Gasteiger partial charge in [-0.25, -0.2) is 4.99 Å². The van der Waals surface area contributed by atoms with E-state index in [2.05, 4.69) is 15.6 Å². The van der Waals surface area contributed by atoms with Crippen LogP contribution >= 0.6 is 0 Å². The lowest BCUT2D eigenvalue weighted by atomic mass is 10.2. The summed E-state index contributed by atoms with van der Waals surface area (Å²) in [6, 6.07) is 12.9. The molecular weight excluding hydrogens is 320 g/mol. The first-order chi connectivity index (χ1) is 12.0. The van der Waals surface area contributed by atoms with Gasteiger partial charge in [-0.2, -0.15) is 0 Å². The van der Waals surface area contributed by atoms with Gasteiger partial charge in [-0.15, -0.1) is 0 Å². The molecule has 25 heavy (non-hydrogen) atoms. The van der Waals surface area contributed by atoms with Crippen LogP contribution in [0.3, 0.4) is 0 Å². The molecule has 0 aromatic heterocycles. The number of nitrogens with zero attached hydrogens (tertiary/aromatic N) is 1. The Balaban J connectivity index is 2.07. The molecule has 0 atom stereocenters. The summed E-state index contributed by atoms with van der Waals surface area (Å²) in [5.74, 6) is 1.43. The number of guanidine groups is 1. The Hall–Kier alpha value is -3.22. The number of hydrogen-bond donors (Lipinski definition) is 3. The Morgan fingerprint density at radius 3 is 2.60 bits per heavy atom. The van der Waals surface area contributed by atoms with Crippen LogP contribution in [0.2, 0.25) is 0 Å².